The van der Waals surface area contributed by atoms with Gasteiger partial charge in [-0.25, -0.2) is 0 Å². The third-order valence-electron chi connectivity index (χ3n) is 3.89. The van der Waals surface area contributed by atoms with Gasteiger partial charge in [0.1, 0.15) is 11.6 Å². The molecule has 0 spiro atoms. The zero-order valence-corrected chi connectivity index (χ0v) is 10.8. The molecule has 0 saturated heterocycles. The maximum Gasteiger partial charge on any atom is 0.143 e. The summed E-state index contributed by atoms with van der Waals surface area (Å²) in [5.41, 5.74) is 7.94. The lowest BCUT2D eigenvalue weighted by Crippen LogP contribution is -2.17. The number of nitrogen functional groups attached to an aromatic ring is 1. The van der Waals surface area contributed by atoms with Crippen LogP contribution in [0, 0.1) is 6.92 Å². The molecule has 0 unspecified atom stereocenters. The van der Waals surface area contributed by atoms with Gasteiger partial charge in [-0.3, -0.25) is 0 Å². The van der Waals surface area contributed by atoms with Crippen LogP contribution in [0.3, 0.4) is 0 Å². The molecular weight excluding hydrogens is 224 g/mol. The average Bonchev–Trinajstić information content (AvgIpc) is 3.08. The molecule has 2 aromatic rings. The molecule has 1 saturated carbocycles. The van der Waals surface area contributed by atoms with Crippen molar-refractivity contribution in [2.24, 2.45) is 0 Å². The largest absolute Gasteiger partial charge is 0.399 e. The number of hydrogen-bond acceptors (Lipinski definition) is 3. The van der Waals surface area contributed by atoms with Crippen LogP contribution in [0.1, 0.15) is 37.0 Å². The Morgan fingerprint density at radius 3 is 2.44 bits per heavy atom. The third kappa shape index (κ3) is 1.52. The van der Waals surface area contributed by atoms with E-state index in [1.165, 1.54) is 5.56 Å². The van der Waals surface area contributed by atoms with E-state index in [-0.39, 0.29) is 5.41 Å². The molecule has 1 aliphatic carbocycles. The van der Waals surface area contributed by atoms with Crippen molar-refractivity contribution in [3.63, 3.8) is 0 Å². The first-order valence-electron chi connectivity index (χ1n) is 6.43. The molecular formula is C14H18N4. The molecule has 18 heavy (non-hydrogen) atoms. The van der Waals surface area contributed by atoms with E-state index in [1.807, 2.05) is 19.1 Å². The third-order valence-corrected chi connectivity index (χ3v) is 3.89. The normalized spacial score (nSPS) is 16.8. The van der Waals surface area contributed by atoms with Gasteiger partial charge in [0.15, 0.2) is 0 Å². The Hall–Kier alpha value is -1.84. The second kappa shape index (κ2) is 3.83. The summed E-state index contributed by atoms with van der Waals surface area (Å²) in [7, 11) is 0. The van der Waals surface area contributed by atoms with Crippen molar-refractivity contribution in [2.45, 2.75) is 38.6 Å². The topological polar surface area (TPSA) is 56.7 Å². The van der Waals surface area contributed by atoms with Crippen LogP contribution in [0.15, 0.2) is 24.3 Å². The summed E-state index contributed by atoms with van der Waals surface area (Å²) in [5.74, 6) is 2.10. The van der Waals surface area contributed by atoms with Crippen molar-refractivity contribution in [1.82, 2.24) is 14.8 Å². The number of aromatic nitrogens is 3. The predicted octanol–water partition coefficient (Wildman–Crippen LogP) is 2.27. The first-order valence-corrected chi connectivity index (χ1v) is 6.43. The molecule has 1 fully saturated rings. The summed E-state index contributed by atoms with van der Waals surface area (Å²) < 4.78 is 2.21. The van der Waals surface area contributed by atoms with Gasteiger partial charge in [0.2, 0.25) is 0 Å². The highest BCUT2D eigenvalue weighted by atomic mass is 15.3. The van der Waals surface area contributed by atoms with Gasteiger partial charge < -0.3 is 10.3 Å². The van der Waals surface area contributed by atoms with Crippen molar-refractivity contribution >= 4 is 5.69 Å². The monoisotopic (exact) mass is 242 g/mol. The van der Waals surface area contributed by atoms with E-state index >= 15 is 0 Å². The molecule has 2 N–H and O–H groups in total. The van der Waals surface area contributed by atoms with Gasteiger partial charge in [-0.15, -0.1) is 10.2 Å². The molecule has 1 aliphatic rings. The van der Waals surface area contributed by atoms with Gasteiger partial charge >= 0.3 is 0 Å². The Morgan fingerprint density at radius 2 is 1.89 bits per heavy atom. The minimum Gasteiger partial charge on any atom is -0.399 e. The van der Waals surface area contributed by atoms with E-state index in [9.17, 15) is 0 Å². The average molecular weight is 242 g/mol. The Kier molecular flexibility index (Phi) is 2.40. The van der Waals surface area contributed by atoms with Gasteiger partial charge in [-0.2, -0.15) is 0 Å². The SMILES string of the molecule is CCn1c(C)nnc1C1(c2ccc(N)cc2)CC1. The highest BCUT2D eigenvalue weighted by Crippen LogP contribution is 2.52. The number of nitrogens with zero attached hydrogens (tertiary/aromatic N) is 3. The predicted molar refractivity (Wildman–Crippen MR) is 71.3 cm³/mol. The van der Waals surface area contributed by atoms with E-state index in [1.54, 1.807) is 0 Å². The molecule has 0 bridgehead atoms. The van der Waals surface area contributed by atoms with Gasteiger partial charge in [0.25, 0.3) is 0 Å². The lowest BCUT2D eigenvalue weighted by molar-refractivity contribution is 0.629. The summed E-state index contributed by atoms with van der Waals surface area (Å²) >= 11 is 0. The zero-order valence-electron chi connectivity index (χ0n) is 10.8. The summed E-state index contributed by atoms with van der Waals surface area (Å²) in [6.45, 7) is 5.07. The smallest absolute Gasteiger partial charge is 0.143 e. The van der Waals surface area contributed by atoms with E-state index in [2.05, 4.69) is 33.8 Å². The Bertz CT molecular complexity index is 564. The lowest BCUT2D eigenvalue weighted by atomic mass is 9.94. The quantitative estimate of drug-likeness (QED) is 0.840. The van der Waals surface area contributed by atoms with Crippen LogP contribution in [0.4, 0.5) is 5.69 Å². The Balaban J connectivity index is 2.07. The van der Waals surface area contributed by atoms with Gasteiger partial charge in [0.05, 0.1) is 5.41 Å². The molecule has 1 aromatic heterocycles. The van der Waals surface area contributed by atoms with Crippen molar-refractivity contribution in [3.8, 4) is 0 Å². The number of anilines is 1. The standard InChI is InChI=1S/C14H18N4/c1-3-18-10(2)16-17-13(18)14(8-9-14)11-4-6-12(15)7-5-11/h4-7H,3,8-9,15H2,1-2H3. The zero-order chi connectivity index (χ0) is 12.8. The second-order valence-electron chi connectivity index (χ2n) is 5.02. The van der Waals surface area contributed by atoms with Crippen molar-refractivity contribution in [3.05, 3.63) is 41.5 Å². The van der Waals surface area contributed by atoms with Crippen molar-refractivity contribution < 1.29 is 0 Å². The molecule has 0 aliphatic heterocycles. The highest BCUT2D eigenvalue weighted by molar-refractivity contribution is 5.46. The van der Waals surface area contributed by atoms with Crippen LogP contribution in [0.5, 0.6) is 0 Å². The number of aryl methyl sites for hydroxylation is 1. The fourth-order valence-corrected chi connectivity index (χ4v) is 2.68. The Labute approximate surface area is 107 Å². The first kappa shape index (κ1) is 11.3. The molecule has 94 valence electrons. The van der Waals surface area contributed by atoms with Crippen LogP contribution < -0.4 is 5.73 Å². The van der Waals surface area contributed by atoms with E-state index in [4.69, 9.17) is 5.73 Å². The highest BCUT2D eigenvalue weighted by Gasteiger charge is 2.49. The van der Waals surface area contributed by atoms with Crippen LogP contribution >= 0.6 is 0 Å². The van der Waals surface area contributed by atoms with Crippen LogP contribution in [0.25, 0.3) is 0 Å². The molecule has 3 rings (SSSR count). The second-order valence-corrected chi connectivity index (χ2v) is 5.02. The Morgan fingerprint density at radius 1 is 1.22 bits per heavy atom. The summed E-state index contributed by atoms with van der Waals surface area (Å²) in [4.78, 5) is 0. The molecule has 0 radical (unpaired) electrons. The van der Waals surface area contributed by atoms with E-state index in [0.29, 0.717) is 0 Å². The number of nitrogens with two attached hydrogens (primary N) is 1. The molecule has 1 heterocycles. The van der Waals surface area contributed by atoms with Crippen molar-refractivity contribution in [1.29, 1.82) is 0 Å². The van der Waals surface area contributed by atoms with Gasteiger partial charge in [-0.05, 0) is 44.4 Å². The molecule has 0 amide bonds. The van der Waals surface area contributed by atoms with Crippen LogP contribution in [-0.2, 0) is 12.0 Å². The fourth-order valence-electron chi connectivity index (χ4n) is 2.68. The number of benzene rings is 1. The molecule has 4 nitrogen and oxygen atoms in total. The maximum atomic E-state index is 5.76. The van der Waals surface area contributed by atoms with E-state index < -0.39 is 0 Å². The maximum absolute atomic E-state index is 5.76. The van der Waals surface area contributed by atoms with Crippen LogP contribution in [-0.4, -0.2) is 14.8 Å². The number of hydrogen-bond donors (Lipinski definition) is 1. The van der Waals surface area contributed by atoms with Gasteiger partial charge in [0, 0.05) is 12.2 Å². The summed E-state index contributed by atoms with van der Waals surface area (Å²) in [6.07, 6.45) is 2.30. The lowest BCUT2D eigenvalue weighted by Gasteiger charge is -2.16. The fraction of sp³-hybridized carbons (Fsp3) is 0.429. The molecule has 0 atom stereocenters. The van der Waals surface area contributed by atoms with Crippen molar-refractivity contribution in [2.75, 3.05) is 5.73 Å². The molecule has 1 aromatic carbocycles. The van der Waals surface area contributed by atoms with Gasteiger partial charge in [-0.1, -0.05) is 12.1 Å². The summed E-state index contributed by atoms with van der Waals surface area (Å²) in [6, 6.07) is 8.17. The minimum atomic E-state index is 0.0744. The minimum absolute atomic E-state index is 0.0744. The van der Waals surface area contributed by atoms with Crippen LogP contribution in [0.2, 0.25) is 0 Å². The van der Waals surface area contributed by atoms with E-state index in [0.717, 1.165) is 36.7 Å². The first-order chi connectivity index (χ1) is 8.67. The summed E-state index contributed by atoms with van der Waals surface area (Å²) in [5, 5.41) is 8.63. The molecule has 4 heteroatoms. The number of rotatable bonds is 3.